The van der Waals surface area contributed by atoms with Gasteiger partial charge >= 0.3 is 16.4 Å². The van der Waals surface area contributed by atoms with Crippen LogP contribution in [0.15, 0.2) is 12.1 Å². The molecular weight excluding hydrogens is 345 g/mol. The van der Waals surface area contributed by atoms with Crippen LogP contribution in [0.3, 0.4) is 0 Å². The predicted octanol–water partition coefficient (Wildman–Crippen LogP) is 2.23. The number of hydrogen-bond acceptors (Lipinski definition) is 4. The number of alkyl halides is 3. The highest BCUT2D eigenvalue weighted by Gasteiger charge is 2.35. The lowest BCUT2D eigenvalue weighted by Gasteiger charge is -2.14. The maximum atomic E-state index is 12.9. The molecule has 0 saturated carbocycles. The first-order valence-electron chi connectivity index (χ1n) is 5.62. The van der Waals surface area contributed by atoms with Gasteiger partial charge in [-0.05, 0) is 12.1 Å². The van der Waals surface area contributed by atoms with Gasteiger partial charge in [0.1, 0.15) is 6.07 Å². The van der Waals surface area contributed by atoms with E-state index in [-0.39, 0.29) is 11.0 Å². The fourth-order valence-corrected chi connectivity index (χ4v) is 3.05. The van der Waals surface area contributed by atoms with Crippen molar-refractivity contribution in [3.63, 3.8) is 0 Å². The van der Waals surface area contributed by atoms with Crippen LogP contribution in [-0.2, 0) is 16.4 Å². The van der Waals surface area contributed by atoms with Gasteiger partial charge in [0.2, 0.25) is 5.82 Å². The van der Waals surface area contributed by atoms with Gasteiger partial charge in [-0.3, -0.25) is 0 Å². The lowest BCUT2D eigenvalue weighted by Crippen LogP contribution is -2.29. The smallest absolute Gasteiger partial charge is 0.218 e. The Bertz CT molecular complexity index is 897. The lowest BCUT2D eigenvalue weighted by atomic mass is 10.2. The summed E-state index contributed by atoms with van der Waals surface area (Å²) < 4.78 is 64.4. The van der Waals surface area contributed by atoms with Crippen LogP contribution in [0.4, 0.5) is 13.2 Å². The minimum atomic E-state index is -4.77. The normalized spacial score (nSPS) is 12.8. The third-order valence-electron chi connectivity index (χ3n) is 2.80. The van der Waals surface area contributed by atoms with Gasteiger partial charge in [-0.2, -0.15) is 35.1 Å². The molecular formula is C11H8ClF3N4O2S. The second-order valence-corrected chi connectivity index (χ2v) is 6.82. The number of aromatic nitrogens is 2. The number of benzene rings is 1. The summed E-state index contributed by atoms with van der Waals surface area (Å²) in [6.45, 7) is 0. The average Bonchev–Trinajstić information content (AvgIpc) is 2.74. The Kier molecular flexibility index (Phi) is 3.85. The van der Waals surface area contributed by atoms with Crippen LogP contribution >= 0.6 is 11.6 Å². The van der Waals surface area contributed by atoms with Crippen molar-refractivity contribution in [2.45, 2.75) is 6.18 Å². The van der Waals surface area contributed by atoms with Crippen molar-refractivity contribution in [1.82, 2.24) is 13.3 Å². The monoisotopic (exact) mass is 352 g/mol. The zero-order valence-corrected chi connectivity index (χ0v) is 12.8. The number of rotatable bonds is 2. The van der Waals surface area contributed by atoms with Gasteiger partial charge < -0.3 is 0 Å². The molecule has 2 rings (SSSR count). The molecule has 0 unspecified atom stereocenters. The largest absolute Gasteiger partial charge is 0.417 e. The molecule has 0 spiro atoms. The first-order valence-corrected chi connectivity index (χ1v) is 7.40. The van der Waals surface area contributed by atoms with E-state index in [4.69, 9.17) is 16.9 Å². The van der Waals surface area contributed by atoms with E-state index in [2.05, 4.69) is 4.98 Å². The Hall–Kier alpha value is -1.83. The zero-order valence-electron chi connectivity index (χ0n) is 11.2. The maximum Gasteiger partial charge on any atom is 0.417 e. The summed E-state index contributed by atoms with van der Waals surface area (Å²) in [5, 5.41) is 8.36. The van der Waals surface area contributed by atoms with Gasteiger partial charge in [0.05, 0.1) is 21.6 Å². The number of nitrogens with zero attached hydrogens (tertiary/aromatic N) is 4. The number of imidazole rings is 1. The van der Waals surface area contributed by atoms with Crippen LogP contribution < -0.4 is 0 Å². The molecule has 0 aliphatic heterocycles. The van der Waals surface area contributed by atoms with E-state index < -0.39 is 32.8 Å². The Labute approximate surface area is 128 Å². The van der Waals surface area contributed by atoms with Crippen molar-refractivity contribution in [2.75, 3.05) is 14.1 Å². The number of nitriles is 1. The van der Waals surface area contributed by atoms with Crippen LogP contribution in [0.25, 0.3) is 11.0 Å². The van der Waals surface area contributed by atoms with E-state index in [1.165, 1.54) is 14.1 Å². The Morgan fingerprint density at radius 2 is 1.95 bits per heavy atom. The number of fused-ring (bicyclic) bond motifs is 1. The van der Waals surface area contributed by atoms with Crippen LogP contribution in [-0.4, -0.2) is 35.8 Å². The molecule has 0 fully saturated rings. The van der Waals surface area contributed by atoms with Gasteiger partial charge in [0.15, 0.2) is 0 Å². The standard InChI is InChI=1S/C11H8ClF3N4O2S/c1-18(2)22(20,21)19-9-3-6(11(13,14)15)7(12)4-8(9)17-10(19)5-16/h3-4H,1-2H3. The molecule has 0 bridgehead atoms. The van der Waals surface area contributed by atoms with Crippen molar-refractivity contribution >= 4 is 32.8 Å². The summed E-state index contributed by atoms with van der Waals surface area (Å²) in [4.78, 5) is 3.71. The van der Waals surface area contributed by atoms with Crippen LogP contribution in [0.1, 0.15) is 11.4 Å². The molecule has 1 aromatic carbocycles. The molecule has 0 amide bonds. The summed E-state index contributed by atoms with van der Waals surface area (Å²) >= 11 is 5.56. The molecule has 118 valence electrons. The van der Waals surface area contributed by atoms with Gasteiger partial charge in [-0.1, -0.05) is 11.6 Å². The average molecular weight is 353 g/mol. The molecule has 0 saturated heterocycles. The van der Waals surface area contributed by atoms with Crippen molar-refractivity contribution in [3.05, 3.63) is 28.5 Å². The Morgan fingerprint density at radius 3 is 2.41 bits per heavy atom. The summed E-state index contributed by atoms with van der Waals surface area (Å²) in [5.74, 6) is -0.556. The fraction of sp³-hybridized carbons (Fsp3) is 0.273. The number of hydrogen-bond donors (Lipinski definition) is 0. The first-order chi connectivity index (χ1) is 10.00. The second-order valence-electron chi connectivity index (χ2n) is 4.42. The molecule has 1 aromatic heterocycles. The molecule has 22 heavy (non-hydrogen) atoms. The molecule has 0 radical (unpaired) electrons. The number of halogens is 4. The Morgan fingerprint density at radius 1 is 1.36 bits per heavy atom. The van der Waals surface area contributed by atoms with Gasteiger partial charge in [0, 0.05) is 14.1 Å². The molecule has 0 aliphatic rings. The summed E-state index contributed by atoms with van der Waals surface area (Å²) in [6.07, 6.45) is -4.77. The van der Waals surface area contributed by atoms with E-state index in [0.717, 1.165) is 10.4 Å². The van der Waals surface area contributed by atoms with Crippen molar-refractivity contribution < 1.29 is 21.6 Å². The molecule has 6 nitrogen and oxygen atoms in total. The van der Waals surface area contributed by atoms with Crippen LogP contribution in [0, 0.1) is 11.3 Å². The van der Waals surface area contributed by atoms with Crippen LogP contribution in [0.5, 0.6) is 0 Å². The SMILES string of the molecule is CN(C)S(=O)(=O)n1c(C#N)nc2cc(Cl)c(C(F)(F)F)cc21. The van der Waals surface area contributed by atoms with E-state index in [9.17, 15) is 21.6 Å². The first kappa shape index (κ1) is 16.5. The van der Waals surface area contributed by atoms with E-state index in [0.29, 0.717) is 10.0 Å². The minimum Gasteiger partial charge on any atom is -0.218 e. The van der Waals surface area contributed by atoms with Crippen molar-refractivity contribution in [3.8, 4) is 6.07 Å². The van der Waals surface area contributed by atoms with Crippen molar-refractivity contribution in [1.29, 1.82) is 5.26 Å². The summed E-state index contributed by atoms with van der Waals surface area (Å²) in [6, 6.07) is 2.98. The fourth-order valence-electron chi connectivity index (χ4n) is 1.76. The topological polar surface area (TPSA) is 79.0 Å². The quantitative estimate of drug-likeness (QED) is 0.830. The van der Waals surface area contributed by atoms with Crippen molar-refractivity contribution in [2.24, 2.45) is 0 Å². The summed E-state index contributed by atoms with van der Waals surface area (Å²) in [7, 11) is -1.86. The molecule has 0 atom stereocenters. The zero-order chi connectivity index (χ0) is 16.9. The minimum absolute atomic E-state index is 0.125. The molecule has 1 heterocycles. The van der Waals surface area contributed by atoms with Gasteiger partial charge in [0.25, 0.3) is 0 Å². The van der Waals surface area contributed by atoms with E-state index >= 15 is 0 Å². The third kappa shape index (κ3) is 2.51. The predicted molar refractivity (Wildman–Crippen MR) is 72.5 cm³/mol. The lowest BCUT2D eigenvalue weighted by molar-refractivity contribution is -0.137. The summed E-state index contributed by atoms with van der Waals surface area (Å²) in [5.41, 5.74) is -1.71. The third-order valence-corrected chi connectivity index (χ3v) is 4.87. The maximum absolute atomic E-state index is 12.9. The Balaban J connectivity index is 2.96. The van der Waals surface area contributed by atoms with E-state index in [1.54, 1.807) is 6.07 Å². The van der Waals surface area contributed by atoms with Gasteiger partial charge in [-0.15, -0.1) is 0 Å². The van der Waals surface area contributed by atoms with Gasteiger partial charge in [-0.25, -0.2) is 4.98 Å². The highest BCUT2D eigenvalue weighted by atomic mass is 35.5. The molecule has 2 aromatic rings. The highest BCUT2D eigenvalue weighted by Crippen LogP contribution is 2.37. The molecule has 0 N–H and O–H groups in total. The van der Waals surface area contributed by atoms with Crippen LogP contribution in [0.2, 0.25) is 5.02 Å². The molecule has 0 aliphatic carbocycles. The van der Waals surface area contributed by atoms with E-state index in [1.807, 2.05) is 0 Å². The highest BCUT2D eigenvalue weighted by molar-refractivity contribution is 7.87. The molecule has 11 heteroatoms. The second kappa shape index (κ2) is 5.12.